The highest BCUT2D eigenvalue weighted by Gasteiger charge is 2.33. The Labute approximate surface area is 262 Å². The summed E-state index contributed by atoms with van der Waals surface area (Å²) in [4.78, 5) is 35.8. The van der Waals surface area contributed by atoms with E-state index in [-0.39, 0.29) is 29.4 Å². The van der Waals surface area contributed by atoms with Crippen LogP contribution in [0.2, 0.25) is 0 Å². The third kappa shape index (κ3) is 7.72. The first kappa shape index (κ1) is 31.8. The highest BCUT2D eigenvalue weighted by atomic mass is 32.2. The van der Waals surface area contributed by atoms with Gasteiger partial charge >= 0.3 is 12.4 Å². The van der Waals surface area contributed by atoms with Crippen LogP contribution in [-0.2, 0) is 11.2 Å². The molecule has 0 aliphatic carbocycles. The van der Waals surface area contributed by atoms with Gasteiger partial charge in [-0.05, 0) is 73.2 Å². The molecule has 234 valence electrons. The molecule has 5 rings (SSSR count). The summed E-state index contributed by atoms with van der Waals surface area (Å²) in [5.74, 6) is 0.416. The van der Waals surface area contributed by atoms with E-state index in [2.05, 4.69) is 39.0 Å². The number of carbonyl (C=O) groups excluding carboxylic acids is 2. The number of hydrogen-bond donors (Lipinski definition) is 1. The van der Waals surface area contributed by atoms with Gasteiger partial charge in [0.1, 0.15) is 12.1 Å². The number of rotatable bonds is 8. The largest absolute Gasteiger partial charge is 0.573 e. The normalized spacial score (nSPS) is 15.2. The van der Waals surface area contributed by atoms with Crippen molar-refractivity contribution >= 4 is 34.6 Å². The summed E-state index contributed by atoms with van der Waals surface area (Å²) in [5, 5.41) is 7.69. The Bertz CT molecular complexity index is 1720. The molecule has 0 saturated carbocycles. The van der Waals surface area contributed by atoms with Crippen LogP contribution in [0.1, 0.15) is 43.4 Å². The van der Waals surface area contributed by atoms with Crippen molar-refractivity contribution in [2.24, 2.45) is 4.99 Å². The molecule has 1 saturated heterocycles. The van der Waals surface area contributed by atoms with Crippen LogP contribution in [0.25, 0.3) is 17.1 Å². The van der Waals surface area contributed by atoms with Crippen LogP contribution in [-0.4, -0.2) is 50.0 Å². The van der Waals surface area contributed by atoms with E-state index in [0.717, 1.165) is 27.9 Å². The fraction of sp³-hybridized carbons (Fsp3) is 0.281. The van der Waals surface area contributed by atoms with E-state index in [1.54, 1.807) is 4.90 Å². The maximum Gasteiger partial charge on any atom is 0.573 e. The fourth-order valence-corrected chi connectivity index (χ4v) is 6.00. The number of nitrogens with one attached hydrogen (secondary N) is 1. The van der Waals surface area contributed by atoms with Crippen molar-refractivity contribution in [2.75, 3.05) is 10.7 Å². The van der Waals surface area contributed by atoms with E-state index in [1.165, 1.54) is 47.0 Å². The van der Waals surface area contributed by atoms with Crippen LogP contribution < -0.4 is 15.0 Å². The minimum Gasteiger partial charge on any atom is -0.406 e. The number of anilines is 1. The van der Waals surface area contributed by atoms with E-state index in [4.69, 9.17) is 0 Å². The molecule has 1 aliphatic rings. The van der Waals surface area contributed by atoms with Gasteiger partial charge in [-0.15, -0.1) is 18.3 Å². The first-order valence-corrected chi connectivity index (χ1v) is 15.2. The molecule has 3 amide bonds. The van der Waals surface area contributed by atoms with Crippen molar-refractivity contribution in [3.63, 3.8) is 0 Å². The standard InChI is InChI=1S/C32H31F3N6O3S/c1-19(2)28-20(3)6-5-7-26(28)41-27(42)17-45-31(41)38-30(43)37-21(4)16-22-8-10-23(11-9-22)29-36-18-40(39-29)24-12-14-25(15-13-24)44-32(33,34)35/h5-15,18-19,21H,16-17H2,1-4H3,(H,37,43). The van der Waals surface area contributed by atoms with E-state index in [9.17, 15) is 22.8 Å². The lowest BCUT2D eigenvalue weighted by Crippen LogP contribution is -2.35. The molecule has 45 heavy (non-hydrogen) atoms. The quantitative estimate of drug-likeness (QED) is 0.223. The molecule has 1 aromatic heterocycles. The number of amides is 3. The van der Waals surface area contributed by atoms with Crippen LogP contribution in [0.5, 0.6) is 5.75 Å². The molecule has 9 nitrogen and oxygen atoms in total. The second-order valence-electron chi connectivity index (χ2n) is 10.9. The highest BCUT2D eigenvalue weighted by molar-refractivity contribution is 8.15. The summed E-state index contributed by atoms with van der Waals surface area (Å²) in [6, 6.07) is 17.9. The molecule has 1 N–H and O–H groups in total. The van der Waals surface area contributed by atoms with Crippen molar-refractivity contribution in [1.29, 1.82) is 0 Å². The van der Waals surface area contributed by atoms with Gasteiger partial charge in [0.05, 0.1) is 17.1 Å². The van der Waals surface area contributed by atoms with Gasteiger partial charge in [-0.25, -0.2) is 14.5 Å². The Kier molecular flexibility index (Phi) is 9.28. The molecule has 1 fully saturated rings. The maximum absolute atomic E-state index is 12.9. The maximum atomic E-state index is 12.9. The van der Waals surface area contributed by atoms with Crippen LogP contribution in [0, 0.1) is 6.92 Å². The number of hydrogen-bond acceptors (Lipinski definition) is 6. The number of carbonyl (C=O) groups is 2. The third-order valence-electron chi connectivity index (χ3n) is 7.03. The van der Waals surface area contributed by atoms with Crippen LogP contribution in [0.15, 0.2) is 78.0 Å². The van der Waals surface area contributed by atoms with Gasteiger partial charge in [0, 0.05) is 11.6 Å². The van der Waals surface area contributed by atoms with Crippen molar-refractivity contribution in [1.82, 2.24) is 20.1 Å². The zero-order valence-electron chi connectivity index (χ0n) is 25.0. The van der Waals surface area contributed by atoms with Crippen molar-refractivity contribution in [3.8, 4) is 22.8 Å². The average molecular weight is 637 g/mol. The van der Waals surface area contributed by atoms with Gasteiger partial charge in [-0.1, -0.05) is 62.0 Å². The Hall–Kier alpha value is -4.65. The van der Waals surface area contributed by atoms with Crippen LogP contribution >= 0.6 is 11.8 Å². The summed E-state index contributed by atoms with van der Waals surface area (Å²) in [6.45, 7) is 8.03. The smallest absolute Gasteiger partial charge is 0.406 e. The lowest BCUT2D eigenvalue weighted by molar-refractivity contribution is -0.274. The first-order valence-electron chi connectivity index (χ1n) is 14.2. The van der Waals surface area contributed by atoms with Crippen molar-refractivity contribution in [2.45, 2.75) is 52.4 Å². The predicted molar refractivity (Wildman–Crippen MR) is 168 cm³/mol. The number of halogens is 3. The number of alkyl halides is 3. The summed E-state index contributed by atoms with van der Waals surface area (Å²) >= 11 is 1.25. The third-order valence-corrected chi connectivity index (χ3v) is 7.96. The zero-order chi connectivity index (χ0) is 32.3. The van der Waals surface area contributed by atoms with E-state index < -0.39 is 12.4 Å². The number of thioether (sulfide) groups is 1. The Morgan fingerprint density at radius 1 is 1.07 bits per heavy atom. The van der Waals surface area contributed by atoms with E-state index in [1.807, 2.05) is 56.3 Å². The minimum atomic E-state index is -4.76. The molecular weight excluding hydrogens is 605 g/mol. The molecular formula is C32H31F3N6O3S. The molecule has 0 spiro atoms. The van der Waals surface area contributed by atoms with Gasteiger partial charge in [0.2, 0.25) is 5.91 Å². The molecule has 13 heteroatoms. The minimum absolute atomic E-state index is 0.111. The monoisotopic (exact) mass is 636 g/mol. The molecule has 2 heterocycles. The summed E-state index contributed by atoms with van der Waals surface area (Å²) in [5.41, 5.74) is 5.12. The predicted octanol–water partition coefficient (Wildman–Crippen LogP) is 7.04. The second-order valence-corrected chi connectivity index (χ2v) is 11.8. The highest BCUT2D eigenvalue weighted by Crippen LogP contribution is 2.35. The average Bonchev–Trinajstić information content (AvgIpc) is 3.59. The van der Waals surface area contributed by atoms with Gasteiger partial charge in [0.15, 0.2) is 11.0 Å². The zero-order valence-corrected chi connectivity index (χ0v) is 25.8. The topological polar surface area (TPSA) is 102 Å². The van der Waals surface area contributed by atoms with Gasteiger partial charge < -0.3 is 10.1 Å². The number of ether oxygens (including phenoxy) is 1. The van der Waals surface area contributed by atoms with Crippen LogP contribution in [0.3, 0.4) is 0 Å². The molecule has 1 unspecified atom stereocenters. The number of aryl methyl sites for hydroxylation is 1. The SMILES string of the molecule is Cc1cccc(N2C(=O)CSC2=NC(=O)NC(C)Cc2ccc(-c3ncn(-c4ccc(OC(F)(F)F)cc4)n3)cc2)c1C(C)C. The lowest BCUT2D eigenvalue weighted by Gasteiger charge is -2.23. The molecule has 3 aromatic carbocycles. The van der Waals surface area contributed by atoms with E-state index in [0.29, 0.717) is 23.1 Å². The van der Waals surface area contributed by atoms with E-state index >= 15 is 0 Å². The summed E-state index contributed by atoms with van der Waals surface area (Å²) in [6.07, 6.45) is -2.75. The number of urea groups is 1. The number of amidine groups is 1. The van der Waals surface area contributed by atoms with Gasteiger partial charge in [0.25, 0.3) is 0 Å². The number of aromatic nitrogens is 3. The van der Waals surface area contributed by atoms with Crippen molar-refractivity contribution < 1.29 is 27.5 Å². The van der Waals surface area contributed by atoms with Gasteiger partial charge in [-0.2, -0.15) is 4.99 Å². The Balaban J connectivity index is 1.20. The Morgan fingerprint density at radius 3 is 2.44 bits per heavy atom. The van der Waals surface area contributed by atoms with Gasteiger partial charge in [-0.3, -0.25) is 9.69 Å². The lowest BCUT2D eigenvalue weighted by atomic mass is 9.95. The summed E-state index contributed by atoms with van der Waals surface area (Å²) < 4.78 is 42.6. The fourth-order valence-electron chi connectivity index (χ4n) is 5.14. The number of aliphatic imine (C=N–C) groups is 1. The molecule has 1 atom stereocenters. The molecule has 0 bridgehead atoms. The molecule has 1 aliphatic heterocycles. The molecule has 0 radical (unpaired) electrons. The van der Waals surface area contributed by atoms with Crippen LogP contribution in [0.4, 0.5) is 23.7 Å². The second kappa shape index (κ2) is 13.1. The Morgan fingerprint density at radius 2 is 1.78 bits per heavy atom. The number of benzene rings is 3. The molecule has 4 aromatic rings. The first-order chi connectivity index (χ1) is 21.4. The number of nitrogens with zero attached hydrogens (tertiary/aromatic N) is 5. The summed E-state index contributed by atoms with van der Waals surface area (Å²) in [7, 11) is 0. The van der Waals surface area contributed by atoms with Crippen molar-refractivity contribution in [3.05, 3.63) is 89.7 Å².